The van der Waals surface area contributed by atoms with Gasteiger partial charge in [0.05, 0.1) is 0 Å². The quantitative estimate of drug-likeness (QED) is 0.835. The normalized spacial score (nSPS) is 16.7. The fraction of sp³-hybridized carbons (Fsp3) is 0.529. The molecule has 2 rings (SSSR count). The Labute approximate surface area is 126 Å². The van der Waals surface area contributed by atoms with Crippen LogP contribution in [0.25, 0.3) is 0 Å². The summed E-state index contributed by atoms with van der Waals surface area (Å²) in [5.41, 5.74) is 2.26. The van der Waals surface area contributed by atoms with Crippen LogP contribution < -0.4 is 4.90 Å². The molecule has 4 nitrogen and oxygen atoms in total. The Morgan fingerprint density at radius 3 is 2.67 bits per heavy atom. The maximum absolute atomic E-state index is 12.5. The standard InChI is InChI=1S/C17H24N2O2/c1-4-10-18(14(3)20)11-9-17(21)19-13(2)12-15-7-5-6-8-16(15)19/h5-8,13H,4,9-12H2,1-3H3. The molecule has 1 heterocycles. The van der Waals surface area contributed by atoms with E-state index in [4.69, 9.17) is 0 Å². The van der Waals surface area contributed by atoms with Crippen molar-refractivity contribution in [2.45, 2.75) is 46.1 Å². The van der Waals surface area contributed by atoms with Gasteiger partial charge in [-0.15, -0.1) is 0 Å². The highest BCUT2D eigenvalue weighted by Crippen LogP contribution is 2.32. The zero-order valence-electron chi connectivity index (χ0n) is 13.1. The molecule has 1 aromatic rings. The van der Waals surface area contributed by atoms with Crippen LogP contribution in [0.1, 0.15) is 39.2 Å². The minimum Gasteiger partial charge on any atom is -0.342 e. The molecule has 0 saturated carbocycles. The average molecular weight is 288 g/mol. The van der Waals surface area contributed by atoms with Crippen LogP contribution in [0.3, 0.4) is 0 Å². The molecule has 0 aliphatic carbocycles. The largest absolute Gasteiger partial charge is 0.342 e. The lowest BCUT2D eigenvalue weighted by molar-refractivity contribution is -0.129. The molecule has 0 bridgehead atoms. The van der Waals surface area contributed by atoms with Crippen molar-refractivity contribution in [2.75, 3.05) is 18.0 Å². The third kappa shape index (κ3) is 3.43. The van der Waals surface area contributed by atoms with Crippen LogP contribution in [0.15, 0.2) is 24.3 Å². The van der Waals surface area contributed by atoms with Gasteiger partial charge in [-0.05, 0) is 31.4 Å². The van der Waals surface area contributed by atoms with E-state index in [9.17, 15) is 9.59 Å². The third-order valence-corrected chi connectivity index (χ3v) is 4.01. The SMILES string of the molecule is CCCN(CCC(=O)N1c2ccccc2CC1C)C(C)=O. The molecule has 114 valence electrons. The van der Waals surface area contributed by atoms with E-state index < -0.39 is 0 Å². The van der Waals surface area contributed by atoms with E-state index in [-0.39, 0.29) is 17.9 Å². The van der Waals surface area contributed by atoms with Crippen LogP contribution in [-0.4, -0.2) is 35.8 Å². The fourth-order valence-corrected chi connectivity index (χ4v) is 2.99. The molecule has 0 spiro atoms. The van der Waals surface area contributed by atoms with Crippen LogP contribution in [-0.2, 0) is 16.0 Å². The van der Waals surface area contributed by atoms with E-state index in [0.29, 0.717) is 13.0 Å². The first-order valence-electron chi connectivity index (χ1n) is 7.70. The Balaban J connectivity index is 2.02. The number of hydrogen-bond acceptors (Lipinski definition) is 2. The molecule has 2 amide bonds. The third-order valence-electron chi connectivity index (χ3n) is 4.01. The molecule has 0 N–H and O–H groups in total. The first-order valence-corrected chi connectivity index (χ1v) is 7.70. The summed E-state index contributed by atoms with van der Waals surface area (Å²) in [5.74, 6) is 0.148. The minimum atomic E-state index is 0.0412. The maximum Gasteiger partial charge on any atom is 0.229 e. The lowest BCUT2D eigenvalue weighted by Gasteiger charge is -2.25. The van der Waals surface area contributed by atoms with Gasteiger partial charge in [-0.1, -0.05) is 25.1 Å². The van der Waals surface area contributed by atoms with Crippen LogP contribution in [0, 0.1) is 0 Å². The molecule has 1 aliphatic heterocycles. The first kappa shape index (κ1) is 15.5. The van der Waals surface area contributed by atoms with Crippen molar-refractivity contribution in [2.24, 2.45) is 0 Å². The van der Waals surface area contributed by atoms with Crippen molar-refractivity contribution < 1.29 is 9.59 Å². The first-order chi connectivity index (χ1) is 10.0. The second-order valence-corrected chi connectivity index (χ2v) is 5.70. The zero-order chi connectivity index (χ0) is 15.4. The predicted molar refractivity (Wildman–Crippen MR) is 84.3 cm³/mol. The van der Waals surface area contributed by atoms with Gasteiger partial charge in [-0.25, -0.2) is 0 Å². The molecule has 21 heavy (non-hydrogen) atoms. The molecular weight excluding hydrogens is 264 g/mol. The summed E-state index contributed by atoms with van der Waals surface area (Å²) in [5, 5.41) is 0. The molecule has 1 atom stereocenters. The smallest absolute Gasteiger partial charge is 0.229 e. The molecule has 1 aromatic carbocycles. The molecular formula is C17H24N2O2. The van der Waals surface area contributed by atoms with Gasteiger partial charge in [-0.2, -0.15) is 0 Å². The second kappa shape index (κ2) is 6.74. The van der Waals surface area contributed by atoms with Gasteiger partial charge in [-0.3, -0.25) is 9.59 Å². The van der Waals surface area contributed by atoms with Gasteiger partial charge >= 0.3 is 0 Å². The number of rotatable bonds is 5. The average Bonchev–Trinajstić information content (AvgIpc) is 2.78. The maximum atomic E-state index is 12.5. The van der Waals surface area contributed by atoms with E-state index in [1.165, 1.54) is 5.56 Å². The van der Waals surface area contributed by atoms with Crippen molar-refractivity contribution in [1.29, 1.82) is 0 Å². The monoisotopic (exact) mass is 288 g/mol. The van der Waals surface area contributed by atoms with Crippen LogP contribution in [0.2, 0.25) is 0 Å². The fourth-order valence-electron chi connectivity index (χ4n) is 2.99. The highest BCUT2D eigenvalue weighted by molar-refractivity contribution is 5.96. The van der Waals surface area contributed by atoms with Crippen molar-refractivity contribution >= 4 is 17.5 Å². The number of nitrogens with zero attached hydrogens (tertiary/aromatic N) is 2. The summed E-state index contributed by atoms with van der Waals surface area (Å²) in [6, 6.07) is 8.27. The number of anilines is 1. The molecule has 0 fully saturated rings. The molecule has 0 saturated heterocycles. The number of carbonyl (C=O) groups is 2. The number of para-hydroxylation sites is 1. The van der Waals surface area contributed by atoms with Gasteiger partial charge in [0.25, 0.3) is 0 Å². The summed E-state index contributed by atoms with van der Waals surface area (Å²) in [4.78, 5) is 27.7. The lowest BCUT2D eigenvalue weighted by Crippen LogP contribution is -2.39. The van der Waals surface area contributed by atoms with Crippen LogP contribution in [0.4, 0.5) is 5.69 Å². The van der Waals surface area contributed by atoms with E-state index in [2.05, 4.69) is 13.0 Å². The molecule has 0 aromatic heterocycles. The summed E-state index contributed by atoms with van der Waals surface area (Å²) < 4.78 is 0. The van der Waals surface area contributed by atoms with Crippen molar-refractivity contribution in [3.05, 3.63) is 29.8 Å². The Bertz CT molecular complexity index is 527. The topological polar surface area (TPSA) is 40.6 Å². The summed E-state index contributed by atoms with van der Waals surface area (Å²) in [6.07, 6.45) is 2.21. The molecule has 0 radical (unpaired) electrons. The highest BCUT2D eigenvalue weighted by atomic mass is 16.2. The predicted octanol–water partition coefficient (Wildman–Crippen LogP) is 2.61. The van der Waals surface area contributed by atoms with E-state index >= 15 is 0 Å². The number of benzene rings is 1. The Morgan fingerprint density at radius 1 is 1.29 bits per heavy atom. The van der Waals surface area contributed by atoms with Crippen molar-refractivity contribution in [3.63, 3.8) is 0 Å². The van der Waals surface area contributed by atoms with Crippen LogP contribution >= 0.6 is 0 Å². The summed E-state index contributed by atoms with van der Waals surface area (Å²) in [7, 11) is 0. The van der Waals surface area contributed by atoms with Gasteiger partial charge in [0, 0.05) is 38.2 Å². The van der Waals surface area contributed by atoms with Crippen LogP contribution in [0.5, 0.6) is 0 Å². The lowest BCUT2D eigenvalue weighted by atomic mass is 10.1. The van der Waals surface area contributed by atoms with Gasteiger partial charge in [0.2, 0.25) is 11.8 Å². The minimum absolute atomic E-state index is 0.0412. The van der Waals surface area contributed by atoms with E-state index in [1.54, 1.807) is 11.8 Å². The van der Waals surface area contributed by atoms with E-state index in [1.807, 2.05) is 30.0 Å². The molecule has 1 aliphatic rings. The van der Waals surface area contributed by atoms with Gasteiger partial charge in [0.1, 0.15) is 0 Å². The van der Waals surface area contributed by atoms with Gasteiger partial charge < -0.3 is 9.80 Å². The van der Waals surface area contributed by atoms with Crippen molar-refractivity contribution in [3.8, 4) is 0 Å². The Kier molecular flexibility index (Phi) is 4.99. The Hall–Kier alpha value is -1.84. The number of fused-ring (bicyclic) bond motifs is 1. The zero-order valence-corrected chi connectivity index (χ0v) is 13.1. The number of carbonyl (C=O) groups excluding carboxylic acids is 2. The summed E-state index contributed by atoms with van der Waals surface area (Å²) in [6.45, 7) is 6.90. The summed E-state index contributed by atoms with van der Waals surface area (Å²) >= 11 is 0. The van der Waals surface area contributed by atoms with Crippen molar-refractivity contribution in [1.82, 2.24) is 4.90 Å². The Morgan fingerprint density at radius 2 is 2.00 bits per heavy atom. The molecule has 1 unspecified atom stereocenters. The van der Waals surface area contributed by atoms with E-state index in [0.717, 1.165) is 25.1 Å². The highest BCUT2D eigenvalue weighted by Gasteiger charge is 2.30. The van der Waals surface area contributed by atoms with Gasteiger partial charge in [0.15, 0.2) is 0 Å². The second-order valence-electron chi connectivity index (χ2n) is 5.70. The molecule has 4 heteroatoms. The number of hydrogen-bond donors (Lipinski definition) is 0. The number of amides is 2.